The minimum atomic E-state index is -0.214. The molecular weight excluding hydrogens is 255 g/mol. The molecule has 0 radical (unpaired) electrons. The number of hydrogen-bond donors (Lipinski definition) is 1. The highest BCUT2D eigenvalue weighted by Crippen LogP contribution is 2.24. The SMILES string of the molecule is CC(c1ccccc1F)N(CCO)Cc1cccnc1. The third-order valence-corrected chi connectivity index (χ3v) is 3.40. The number of benzene rings is 1. The van der Waals surface area contributed by atoms with Crippen LogP contribution >= 0.6 is 0 Å². The molecule has 0 fully saturated rings. The number of aromatic nitrogens is 1. The lowest BCUT2D eigenvalue weighted by Gasteiger charge is -2.29. The first kappa shape index (κ1) is 14.6. The van der Waals surface area contributed by atoms with Crippen LogP contribution in [0.5, 0.6) is 0 Å². The number of hydrogen-bond acceptors (Lipinski definition) is 3. The van der Waals surface area contributed by atoms with E-state index < -0.39 is 0 Å². The van der Waals surface area contributed by atoms with Gasteiger partial charge in [0.1, 0.15) is 5.82 Å². The highest BCUT2D eigenvalue weighted by Gasteiger charge is 2.18. The normalized spacial score (nSPS) is 12.6. The molecule has 1 aromatic carbocycles. The Morgan fingerprint density at radius 3 is 2.70 bits per heavy atom. The van der Waals surface area contributed by atoms with Crippen LogP contribution in [0.15, 0.2) is 48.8 Å². The van der Waals surface area contributed by atoms with Gasteiger partial charge in [-0.3, -0.25) is 9.88 Å². The molecule has 1 N–H and O–H groups in total. The zero-order valence-corrected chi connectivity index (χ0v) is 11.5. The third-order valence-electron chi connectivity index (χ3n) is 3.40. The Kier molecular flexibility index (Phi) is 5.21. The number of rotatable bonds is 6. The standard InChI is InChI=1S/C16H19FN2O/c1-13(15-6-2-3-7-16(15)17)19(9-10-20)12-14-5-4-8-18-11-14/h2-8,11,13,20H,9-10,12H2,1H3. The van der Waals surface area contributed by atoms with E-state index >= 15 is 0 Å². The summed E-state index contributed by atoms with van der Waals surface area (Å²) in [5, 5.41) is 9.23. The van der Waals surface area contributed by atoms with Crippen molar-refractivity contribution in [3.8, 4) is 0 Å². The van der Waals surface area contributed by atoms with Gasteiger partial charge in [-0.1, -0.05) is 24.3 Å². The fourth-order valence-corrected chi connectivity index (χ4v) is 2.27. The minimum absolute atomic E-state index is 0.0407. The molecule has 2 rings (SSSR count). The van der Waals surface area contributed by atoms with E-state index in [2.05, 4.69) is 4.98 Å². The molecule has 4 heteroatoms. The number of pyridine rings is 1. The second-order valence-corrected chi connectivity index (χ2v) is 4.75. The summed E-state index contributed by atoms with van der Waals surface area (Å²) < 4.78 is 13.9. The molecule has 0 bridgehead atoms. The molecule has 106 valence electrons. The van der Waals surface area contributed by atoms with E-state index in [1.165, 1.54) is 6.07 Å². The lowest BCUT2D eigenvalue weighted by atomic mass is 10.1. The van der Waals surface area contributed by atoms with Gasteiger partial charge < -0.3 is 5.11 Å². The van der Waals surface area contributed by atoms with Crippen molar-refractivity contribution in [3.05, 3.63) is 65.7 Å². The summed E-state index contributed by atoms with van der Waals surface area (Å²) in [6.07, 6.45) is 3.51. The Hall–Kier alpha value is -1.78. The van der Waals surface area contributed by atoms with Crippen molar-refractivity contribution in [3.63, 3.8) is 0 Å². The lowest BCUT2D eigenvalue weighted by molar-refractivity contribution is 0.149. The maximum atomic E-state index is 13.9. The van der Waals surface area contributed by atoms with Gasteiger partial charge in [-0.25, -0.2) is 4.39 Å². The Labute approximate surface area is 118 Å². The van der Waals surface area contributed by atoms with Crippen molar-refractivity contribution in [2.75, 3.05) is 13.2 Å². The molecule has 1 unspecified atom stereocenters. The molecule has 2 aromatic rings. The first-order valence-corrected chi connectivity index (χ1v) is 6.70. The molecule has 0 saturated heterocycles. The third kappa shape index (κ3) is 3.62. The second-order valence-electron chi connectivity index (χ2n) is 4.75. The van der Waals surface area contributed by atoms with Crippen LogP contribution in [0.1, 0.15) is 24.1 Å². The summed E-state index contributed by atoms with van der Waals surface area (Å²) in [7, 11) is 0. The van der Waals surface area contributed by atoms with Crippen LogP contribution in [0, 0.1) is 5.82 Å². The average Bonchev–Trinajstić information content (AvgIpc) is 2.48. The monoisotopic (exact) mass is 274 g/mol. The van der Waals surface area contributed by atoms with Gasteiger partial charge >= 0.3 is 0 Å². The van der Waals surface area contributed by atoms with Crippen LogP contribution in [0.25, 0.3) is 0 Å². The number of aliphatic hydroxyl groups excluding tert-OH is 1. The van der Waals surface area contributed by atoms with Crippen LogP contribution in [0.3, 0.4) is 0 Å². The summed E-state index contributed by atoms with van der Waals surface area (Å²) in [4.78, 5) is 6.12. The summed E-state index contributed by atoms with van der Waals surface area (Å²) in [6, 6.07) is 10.5. The number of halogens is 1. The van der Waals surface area contributed by atoms with Gasteiger partial charge in [0.05, 0.1) is 6.61 Å². The van der Waals surface area contributed by atoms with Gasteiger partial charge in [0.2, 0.25) is 0 Å². The van der Waals surface area contributed by atoms with Crippen LogP contribution in [0.4, 0.5) is 4.39 Å². The van der Waals surface area contributed by atoms with E-state index in [1.54, 1.807) is 24.5 Å². The Morgan fingerprint density at radius 1 is 1.25 bits per heavy atom. The van der Waals surface area contributed by atoms with Gasteiger partial charge in [0.25, 0.3) is 0 Å². The van der Waals surface area contributed by atoms with Crippen molar-refractivity contribution in [1.29, 1.82) is 0 Å². The van der Waals surface area contributed by atoms with E-state index in [4.69, 9.17) is 0 Å². The van der Waals surface area contributed by atoms with Crippen molar-refractivity contribution < 1.29 is 9.50 Å². The summed E-state index contributed by atoms with van der Waals surface area (Å²) in [6.45, 7) is 3.11. The molecule has 0 spiro atoms. The van der Waals surface area contributed by atoms with Crippen molar-refractivity contribution in [2.24, 2.45) is 0 Å². The van der Waals surface area contributed by atoms with E-state index in [9.17, 15) is 9.50 Å². The van der Waals surface area contributed by atoms with Crippen LogP contribution in [0.2, 0.25) is 0 Å². The molecule has 3 nitrogen and oxygen atoms in total. The van der Waals surface area contributed by atoms with Crippen LogP contribution in [-0.2, 0) is 6.54 Å². The zero-order valence-electron chi connectivity index (χ0n) is 11.5. The Morgan fingerprint density at radius 2 is 2.05 bits per heavy atom. The van der Waals surface area contributed by atoms with Gasteiger partial charge in [-0.15, -0.1) is 0 Å². The minimum Gasteiger partial charge on any atom is -0.395 e. The molecular formula is C16H19FN2O. The summed E-state index contributed by atoms with van der Waals surface area (Å²) >= 11 is 0. The fourth-order valence-electron chi connectivity index (χ4n) is 2.27. The van der Waals surface area contributed by atoms with E-state index in [0.717, 1.165) is 5.56 Å². The highest BCUT2D eigenvalue weighted by atomic mass is 19.1. The predicted molar refractivity (Wildman–Crippen MR) is 76.5 cm³/mol. The van der Waals surface area contributed by atoms with E-state index in [1.807, 2.05) is 30.0 Å². The maximum absolute atomic E-state index is 13.9. The zero-order chi connectivity index (χ0) is 14.4. The van der Waals surface area contributed by atoms with E-state index in [0.29, 0.717) is 18.7 Å². The molecule has 0 aliphatic rings. The Bertz CT molecular complexity index is 533. The highest BCUT2D eigenvalue weighted by molar-refractivity contribution is 5.21. The summed E-state index contributed by atoms with van der Waals surface area (Å²) in [5.41, 5.74) is 1.69. The quantitative estimate of drug-likeness (QED) is 0.880. The predicted octanol–water partition coefficient (Wildman–Crippen LogP) is 2.78. The number of nitrogens with zero attached hydrogens (tertiary/aromatic N) is 2. The van der Waals surface area contributed by atoms with Crippen molar-refractivity contribution in [2.45, 2.75) is 19.5 Å². The van der Waals surface area contributed by atoms with Gasteiger partial charge in [-0.2, -0.15) is 0 Å². The molecule has 0 saturated carbocycles. The number of aliphatic hydroxyl groups is 1. The molecule has 1 aromatic heterocycles. The fraction of sp³-hybridized carbons (Fsp3) is 0.312. The summed E-state index contributed by atoms with van der Waals surface area (Å²) in [5.74, 6) is -0.214. The Balaban J connectivity index is 2.18. The van der Waals surface area contributed by atoms with Crippen LogP contribution in [-0.4, -0.2) is 28.1 Å². The molecule has 0 amide bonds. The van der Waals surface area contributed by atoms with Gasteiger partial charge in [0.15, 0.2) is 0 Å². The largest absolute Gasteiger partial charge is 0.395 e. The van der Waals surface area contributed by atoms with E-state index in [-0.39, 0.29) is 18.5 Å². The van der Waals surface area contributed by atoms with Crippen molar-refractivity contribution in [1.82, 2.24) is 9.88 Å². The molecule has 1 atom stereocenters. The first-order chi connectivity index (χ1) is 9.72. The second kappa shape index (κ2) is 7.12. The van der Waals surface area contributed by atoms with Crippen molar-refractivity contribution >= 4 is 0 Å². The molecule has 0 aliphatic carbocycles. The van der Waals surface area contributed by atoms with Gasteiger partial charge in [-0.05, 0) is 24.6 Å². The average molecular weight is 274 g/mol. The molecule has 1 heterocycles. The van der Waals surface area contributed by atoms with Crippen LogP contribution < -0.4 is 0 Å². The maximum Gasteiger partial charge on any atom is 0.127 e. The van der Waals surface area contributed by atoms with Gasteiger partial charge in [0, 0.05) is 37.1 Å². The smallest absolute Gasteiger partial charge is 0.127 e. The lowest BCUT2D eigenvalue weighted by Crippen LogP contribution is -2.30. The first-order valence-electron chi connectivity index (χ1n) is 6.70. The molecule has 0 aliphatic heterocycles. The topological polar surface area (TPSA) is 36.4 Å². The molecule has 20 heavy (non-hydrogen) atoms.